The average molecular weight is 298 g/mol. The molecule has 1 atom stereocenters. The van der Waals surface area contributed by atoms with Crippen molar-refractivity contribution in [1.29, 1.82) is 0 Å². The first-order valence-electron chi connectivity index (χ1n) is 6.48. The highest BCUT2D eigenvalue weighted by Crippen LogP contribution is 2.27. The Balaban J connectivity index is 2.73. The van der Waals surface area contributed by atoms with Crippen LogP contribution in [0, 0.1) is 11.7 Å². The molecule has 0 aliphatic carbocycles. The number of rotatable bonds is 5. The monoisotopic (exact) mass is 297 g/mol. The fourth-order valence-corrected chi connectivity index (χ4v) is 2.63. The molecule has 0 aliphatic rings. The van der Waals surface area contributed by atoms with E-state index in [4.69, 9.17) is 17.3 Å². The maximum atomic E-state index is 13.9. The Morgan fingerprint density at radius 1 is 1.50 bits per heavy atom. The highest BCUT2D eigenvalue weighted by molar-refractivity contribution is 6.17. The van der Waals surface area contributed by atoms with E-state index in [1.165, 1.54) is 6.07 Å². The number of carbonyl (C=O) groups excluding carboxylic acids is 1. The molecule has 1 unspecified atom stereocenters. The van der Waals surface area contributed by atoms with Crippen LogP contribution in [-0.4, -0.2) is 21.3 Å². The number of benzene rings is 1. The van der Waals surface area contributed by atoms with Crippen LogP contribution in [0.4, 0.5) is 4.39 Å². The lowest BCUT2D eigenvalue weighted by Crippen LogP contribution is -2.31. The van der Waals surface area contributed by atoms with Crippen LogP contribution >= 0.6 is 11.6 Å². The fraction of sp³-hybridized carbons (Fsp3) is 0.429. The predicted octanol–water partition coefficient (Wildman–Crippen LogP) is 2.64. The quantitative estimate of drug-likeness (QED) is 0.862. The summed E-state index contributed by atoms with van der Waals surface area (Å²) in [6.07, 6.45) is 0.451. The Morgan fingerprint density at radius 3 is 2.75 bits per heavy atom. The molecule has 1 heterocycles. The van der Waals surface area contributed by atoms with Crippen molar-refractivity contribution >= 4 is 28.5 Å². The van der Waals surface area contributed by atoms with Crippen molar-refractivity contribution in [2.45, 2.75) is 26.3 Å². The molecule has 0 saturated carbocycles. The van der Waals surface area contributed by atoms with Crippen molar-refractivity contribution in [1.82, 2.24) is 9.55 Å². The van der Waals surface area contributed by atoms with Gasteiger partial charge >= 0.3 is 0 Å². The van der Waals surface area contributed by atoms with Crippen LogP contribution in [0.1, 0.15) is 25.7 Å². The first kappa shape index (κ1) is 14.8. The summed E-state index contributed by atoms with van der Waals surface area (Å²) in [5.74, 6) is 0.0254. The molecule has 0 bridgehead atoms. The van der Waals surface area contributed by atoms with Gasteiger partial charge in [0.25, 0.3) is 0 Å². The van der Waals surface area contributed by atoms with Crippen molar-refractivity contribution in [3.63, 3.8) is 0 Å². The molecule has 4 nitrogen and oxygen atoms in total. The zero-order valence-electron chi connectivity index (χ0n) is 11.4. The first-order chi connectivity index (χ1) is 9.47. The summed E-state index contributed by atoms with van der Waals surface area (Å²) in [6.45, 7) is 3.79. The lowest BCUT2D eigenvalue weighted by molar-refractivity contribution is -0.122. The standard InChI is InChI=1S/C14H17ClFN3O/c1-8(2)13(14(17)20)19-10-5-3-4-9(16)12(10)18-11(19)6-7-15/h3-5,8,13H,6-7H2,1-2H3,(H2,17,20). The van der Waals surface area contributed by atoms with Crippen LogP contribution in [0.15, 0.2) is 18.2 Å². The summed E-state index contributed by atoms with van der Waals surface area (Å²) < 4.78 is 15.6. The van der Waals surface area contributed by atoms with Gasteiger partial charge in [0.1, 0.15) is 17.4 Å². The Bertz CT molecular complexity index is 639. The minimum absolute atomic E-state index is 0.0257. The van der Waals surface area contributed by atoms with Gasteiger partial charge in [-0.1, -0.05) is 19.9 Å². The van der Waals surface area contributed by atoms with E-state index in [0.29, 0.717) is 23.6 Å². The smallest absolute Gasteiger partial charge is 0.240 e. The molecule has 108 valence electrons. The van der Waals surface area contributed by atoms with E-state index in [2.05, 4.69) is 4.98 Å². The molecule has 0 aliphatic heterocycles. The summed E-state index contributed by atoms with van der Waals surface area (Å²) in [4.78, 5) is 16.1. The molecule has 2 N–H and O–H groups in total. The SMILES string of the molecule is CC(C)C(C(N)=O)n1c(CCCl)nc2c(F)cccc21. The average Bonchev–Trinajstić information content (AvgIpc) is 2.70. The molecule has 0 spiro atoms. The molecule has 1 amide bonds. The van der Waals surface area contributed by atoms with Crippen molar-refractivity contribution in [2.24, 2.45) is 11.7 Å². The maximum absolute atomic E-state index is 13.9. The van der Waals surface area contributed by atoms with Crippen molar-refractivity contribution in [3.8, 4) is 0 Å². The van der Waals surface area contributed by atoms with Crippen LogP contribution in [0.2, 0.25) is 0 Å². The van der Waals surface area contributed by atoms with E-state index in [-0.39, 0.29) is 11.4 Å². The van der Waals surface area contributed by atoms with Gasteiger partial charge in [0, 0.05) is 12.3 Å². The number of fused-ring (bicyclic) bond motifs is 1. The summed E-state index contributed by atoms with van der Waals surface area (Å²) in [5, 5.41) is 0. The Kier molecular flexibility index (Phi) is 4.28. The molecule has 20 heavy (non-hydrogen) atoms. The molecule has 0 fully saturated rings. The summed E-state index contributed by atoms with van der Waals surface area (Å²) in [6, 6.07) is 4.11. The van der Waals surface area contributed by atoms with Gasteiger partial charge in [-0.3, -0.25) is 4.79 Å². The molecule has 6 heteroatoms. The van der Waals surface area contributed by atoms with Crippen LogP contribution < -0.4 is 5.73 Å². The largest absolute Gasteiger partial charge is 0.368 e. The first-order valence-corrected chi connectivity index (χ1v) is 7.01. The summed E-state index contributed by atoms with van der Waals surface area (Å²) in [7, 11) is 0. The van der Waals surface area contributed by atoms with Gasteiger partial charge in [0.15, 0.2) is 5.82 Å². The van der Waals surface area contributed by atoms with Gasteiger partial charge in [0.2, 0.25) is 5.91 Å². The minimum atomic E-state index is -0.569. The molecule has 2 rings (SSSR count). The normalized spacial score (nSPS) is 13.1. The molecular weight excluding hydrogens is 281 g/mol. The zero-order valence-corrected chi connectivity index (χ0v) is 12.2. The number of amides is 1. The number of aryl methyl sites for hydroxylation is 1. The highest BCUT2D eigenvalue weighted by Gasteiger charge is 2.27. The second kappa shape index (κ2) is 5.79. The number of alkyl halides is 1. The number of nitrogens with two attached hydrogens (primary N) is 1. The van der Waals surface area contributed by atoms with E-state index >= 15 is 0 Å². The summed E-state index contributed by atoms with van der Waals surface area (Å²) >= 11 is 5.78. The number of hydrogen-bond donors (Lipinski definition) is 1. The van der Waals surface area contributed by atoms with Crippen LogP contribution in [0.5, 0.6) is 0 Å². The molecule has 1 aromatic carbocycles. The number of nitrogens with zero attached hydrogens (tertiary/aromatic N) is 2. The Morgan fingerprint density at radius 2 is 2.20 bits per heavy atom. The number of para-hydroxylation sites is 1. The zero-order chi connectivity index (χ0) is 14.9. The lowest BCUT2D eigenvalue weighted by Gasteiger charge is -2.22. The van der Waals surface area contributed by atoms with Gasteiger partial charge in [-0.05, 0) is 18.1 Å². The predicted molar refractivity (Wildman–Crippen MR) is 77.2 cm³/mol. The Hall–Kier alpha value is -1.62. The van der Waals surface area contributed by atoms with Crippen LogP contribution in [0.3, 0.4) is 0 Å². The third-order valence-corrected chi connectivity index (χ3v) is 3.45. The van der Waals surface area contributed by atoms with Crippen LogP contribution in [0.25, 0.3) is 11.0 Å². The highest BCUT2D eigenvalue weighted by atomic mass is 35.5. The lowest BCUT2D eigenvalue weighted by atomic mass is 10.0. The Labute approximate surface area is 121 Å². The number of hydrogen-bond acceptors (Lipinski definition) is 2. The van der Waals surface area contributed by atoms with Crippen LogP contribution in [-0.2, 0) is 11.2 Å². The molecule has 0 saturated heterocycles. The topological polar surface area (TPSA) is 60.9 Å². The maximum Gasteiger partial charge on any atom is 0.240 e. The number of halogens is 2. The second-order valence-electron chi connectivity index (χ2n) is 5.04. The van der Waals surface area contributed by atoms with Crippen molar-refractivity contribution < 1.29 is 9.18 Å². The fourth-order valence-electron chi connectivity index (χ4n) is 2.46. The summed E-state index contributed by atoms with van der Waals surface area (Å²) in [5.41, 5.74) is 6.33. The van der Waals surface area contributed by atoms with E-state index in [1.807, 2.05) is 13.8 Å². The van der Waals surface area contributed by atoms with E-state index < -0.39 is 17.8 Å². The van der Waals surface area contributed by atoms with E-state index in [9.17, 15) is 9.18 Å². The third kappa shape index (κ3) is 2.50. The van der Waals surface area contributed by atoms with E-state index in [0.717, 1.165) is 0 Å². The van der Waals surface area contributed by atoms with Crippen molar-refractivity contribution in [3.05, 3.63) is 29.8 Å². The molecule has 2 aromatic rings. The van der Waals surface area contributed by atoms with Gasteiger partial charge in [0.05, 0.1) is 5.52 Å². The third-order valence-electron chi connectivity index (χ3n) is 3.26. The van der Waals surface area contributed by atoms with Gasteiger partial charge in [-0.2, -0.15) is 0 Å². The molecular formula is C14H17ClFN3O. The second-order valence-corrected chi connectivity index (χ2v) is 5.41. The van der Waals surface area contributed by atoms with Gasteiger partial charge in [-0.15, -0.1) is 11.6 Å². The van der Waals surface area contributed by atoms with Gasteiger partial charge in [-0.25, -0.2) is 9.37 Å². The number of imidazole rings is 1. The number of carbonyl (C=O) groups is 1. The van der Waals surface area contributed by atoms with E-state index in [1.54, 1.807) is 16.7 Å². The molecule has 0 radical (unpaired) electrons. The minimum Gasteiger partial charge on any atom is -0.368 e. The number of primary amides is 1. The molecule has 1 aromatic heterocycles. The van der Waals surface area contributed by atoms with Gasteiger partial charge < -0.3 is 10.3 Å². The van der Waals surface area contributed by atoms with Crippen molar-refractivity contribution in [2.75, 3.05) is 5.88 Å². The number of aromatic nitrogens is 2.